The SMILES string of the molecule is CCc1cc(C(=O)N2CCCCC[C@H]2C)nc2cc(-c3ccc(N4CC(C(=O)O)C4)cc3F)nn12. The Morgan fingerprint density at radius 1 is 1.14 bits per heavy atom. The molecular weight excluding hydrogens is 449 g/mol. The van der Waals surface area contributed by atoms with Crippen LogP contribution in [0.15, 0.2) is 30.3 Å². The summed E-state index contributed by atoms with van der Waals surface area (Å²) in [6, 6.07) is 8.55. The number of halogens is 1. The summed E-state index contributed by atoms with van der Waals surface area (Å²) in [5.74, 6) is -1.74. The molecule has 0 radical (unpaired) electrons. The van der Waals surface area contributed by atoms with Crippen LogP contribution >= 0.6 is 0 Å². The molecule has 1 atom stereocenters. The molecule has 35 heavy (non-hydrogen) atoms. The van der Waals surface area contributed by atoms with Crippen LogP contribution in [0.2, 0.25) is 0 Å². The fourth-order valence-electron chi connectivity index (χ4n) is 5.01. The first-order valence-electron chi connectivity index (χ1n) is 12.3. The number of carboxylic acid groups (broad SMARTS) is 1. The Labute approximate surface area is 203 Å². The van der Waals surface area contributed by atoms with Gasteiger partial charge < -0.3 is 14.9 Å². The van der Waals surface area contributed by atoms with E-state index in [9.17, 15) is 9.59 Å². The van der Waals surface area contributed by atoms with E-state index in [0.717, 1.165) is 37.9 Å². The summed E-state index contributed by atoms with van der Waals surface area (Å²) in [4.78, 5) is 32.8. The van der Waals surface area contributed by atoms with Gasteiger partial charge in [-0.3, -0.25) is 9.59 Å². The molecule has 2 aromatic heterocycles. The minimum atomic E-state index is -0.828. The van der Waals surface area contributed by atoms with E-state index in [2.05, 4.69) is 17.0 Å². The molecule has 2 aliphatic heterocycles. The first kappa shape index (κ1) is 23.3. The summed E-state index contributed by atoms with van der Waals surface area (Å²) >= 11 is 0. The normalized spacial score (nSPS) is 19.0. The van der Waals surface area contributed by atoms with Gasteiger partial charge in [-0.15, -0.1) is 0 Å². The zero-order valence-corrected chi connectivity index (χ0v) is 20.1. The van der Waals surface area contributed by atoms with Crippen molar-refractivity contribution >= 4 is 23.2 Å². The Hall–Kier alpha value is -3.49. The van der Waals surface area contributed by atoms with Crippen LogP contribution < -0.4 is 4.90 Å². The molecule has 2 saturated heterocycles. The monoisotopic (exact) mass is 479 g/mol. The van der Waals surface area contributed by atoms with Gasteiger partial charge >= 0.3 is 5.97 Å². The molecule has 1 N–H and O–H groups in total. The molecule has 0 unspecified atom stereocenters. The van der Waals surface area contributed by atoms with Crippen LogP contribution in [0.1, 0.15) is 55.7 Å². The Kier molecular flexibility index (Phi) is 6.17. The van der Waals surface area contributed by atoms with Crippen molar-refractivity contribution in [2.24, 2.45) is 5.92 Å². The Morgan fingerprint density at radius 2 is 1.94 bits per heavy atom. The molecule has 2 fully saturated rings. The van der Waals surface area contributed by atoms with Gasteiger partial charge in [-0.1, -0.05) is 19.8 Å². The van der Waals surface area contributed by atoms with E-state index in [1.807, 2.05) is 16.7 Å². The molecular formula is C26H30FN5O3. The van der Waals surface area contributed by atoms with Crippen molar-refractivity contribution < 1.29 is 19.1 Å². The Bertz CT molecular complexity index is 1280. The van der Waals surface area contributed by atoms with Gasteiger partial charge in [-0.2, -0.15) is 5.10 Å². The zero-order chi connectivity index (χ0) is 24.7. The van der Waals surface area contributed by atoms with Crippen LogP contribution in [-0.4, -0.2) is 62.2 Å². The third-order valence-electron chi connectivity index (χ3n) is 7.22. The van der Waals surface area contributed by atoms with E-state index in [0.29, 0.717) is 47.8 Å². The van der Waals surface area contributed by atoms with Crippen LogP contribution in [0, 0.1) is 11.7 Å². The molecule has 0 spiro atoms. The lowest BCUT2D eigenvalue weighted by Gasteiger charge is -2.38. The van der Waals surface area contributed by atoms with E-state index >= 15 is 4.39 Å². The minimum Gasteiger partial charge on any atom is -0.481 e. The number of hydrogen-bond donors (Lipinski definition) is 1. The lowest BCUT2D eigenvalue weighted by molar-refractivity contribution is -0.142. The van der Waals surface area contributed by atoms with Crippen LogP contribution in [-0.2, 0) is 11.2 Å². The molecule has 0 bridgehead atoms. The lowest BCUT2D eigenvalue weighted by Crippen LogP contribution is -2.50. The van der Waals surface area contributed by atoms with Crippen molar-refractivity contribution in [3.8, 4) is 11.3 Å². The van der Waals surface area contributed by atoms with Gasteiger partial charge in [-0.25, -0.2) is 13.9 Å². The number of aromatic nitrogens is 3. The van der Waals surface area contributed by atoms with Crippen LogP contribution in [0.3, 0.4) is 0 Å². The van der Waals surface area contributed by atoms with Crippen LogP contribution in [0.5, 0.6) is 0 Å². The molecule has 0 aliphatic carbocycles. The highest BCUT2D eigenvalue weighted by Gasteiger charge is 2.33. The smallest absolute Gasteiger partial charge is 0.310 e. The van der Waals surface area contributed by atoms with Gasteiger partial charge in [0.1, 0.15) is 11.5 Å². The van der Waals surface area contributed by atoms with Gasteiger partial charge in [0.05, 0.1) is 11.6 Å². The number of nitrogens with zero attached hydrogens (tertiary/aromatic N) is 5. The van der Waals surface area contributed by atoms with Crippen LogP contribution in [0.4, 0.5) is 10.1 Å². The summed E-state index contributed by atoms with van der Waals surface area (Å²) in [5, 5.41) is 13.7. The second kappa shape index (κ2) is 9.28. The molecule has 4 heterocycles. The molecule has 1 aromatic carbocycles. The average molecular weight is 480 g/mol. The lowest BCUT2D eigenvalue weighted by atomic mass is 9.99. The topological polar surface area (TPSA) is 91.0 Å². The predicted octanol–water partition coefficient (Wildman–Crippen LogP) is 4.02. The zero-order valence-electron chi connectivity index (χ0n) is 20.1. The van der Waals surface area contributed by atoms with Gasteiger partial charge in [0.25, 0.3) is 5.91 Å². The van der Waals surface area contributed by atoms with Gasteiger partial charge in [-0.05, 0) is 50.5 Å². The second-order valence-corrected chi connectivity index (χ2v) is 9.59. The Balaban J connectivity index is 1.44. The molecule has 2 aliphatic rings. The molecule has 184 valence electrons. The fourth-order valence-corrected chi connectivity index (χ4v) is 5.01. The maximum atomic E-state index is 15.1. The number of likely N-dealkylation sites (tertiary alicyclic amines) is 1. The third kappa shape index (κ3) is 4.35. The van der Waals surface area contributed by atoms with Crippen molar-refractivity contribution in [2.45, 2.75) is 52.0 Å². The fraction of sp³-hybridized carbons (Fsp3) is 0.462. The molecule has 1 amide bonds. The molecule has 8 nitrogen and oxygen atoms in total. The molecule has 9 heteroatoms. The van der Waals surface area contributed by atoms with Gasteiger partial charge in [0.2, 0.25) is 0 Å². The summed E-state index contributed by atoms with van der Waals surface area (Å²) < 4.78 is 16.8. The summed E-state index contributed by atoms with van der Waals surface area (Å²) in [5.41, 5.74) is 3.18. The first-order valence-corrected chi connectivity index (χ1v) is 12.3. The van der Waals surface area contributed by atoms with Crippen molar-refractivity contribution in [1.29, 1.82) is 0 Å². The van der Waals surface area contributed by atoms with Crippen LogP contribution in [0.25, 0.3) is 16.9 Å². The number of benzene rings is 1. The highest BCUT2D eigenvalue weighted by molar-refractivity contribution is 5.93. The average Bonchev–Trinajstić information content (AvgIpc) is 3.11. The van der Waals surface area contributed by atoms with Gasteiger partial charge in [0, 0.05) is 48.7 Å². The van der Waals surface area contributed by atoms with E-state index in [-0.39, 0.29) is 11.9 Å². The number of anilines is 1. The number of carbonyl (C=O) groups is 2. The highest BCUT2D eigenvalue weighted by atomic mass is 19.1. The van der Waals surface area contributed by atoms with E-state index < -0.39 is 17.7 Å². The largest absolute Gasteiger partial charge is 0.481 e. The summed E-state index contributed by atoms with van der Waals surface area (Å²) in [6.07, 6.45) is 4.91. The maximum Gasteiger partial charge on any atom is 0.310 e. The third-order valence-corrected chi connectivity index (χ3v) is 7.22. The predicted molar refractivity (Wildman–Crippen MR) is 130 cm³/mol. The standard InChI is InChI=1S/C26H30FN5O3/c1-3-18-12-23(25(33)31-10-6-4-5-7-16(31)2)28-24-13-22(29-32(18)24)20-9-8-19(11-21(20)27)30-14-17(15-30)26(34)35/h8-9,11-13,16-17H,3-7,10,14-15H2,1-2H3,(H,34,35)/t16-/m1/s1. The minimum absolute atomic E-state index is 0.0657. The number of fused-ring (bicyclic) bond motifs is 1. The number of carbonyl (C=O) groups excluding carboxylic acids is 1. The van der Waals surface area contributed by atoms with Crippen molar-refractivity contribution in [1.82, 2.24) is 19.5 Å². The molecule has 0 saturated carbocycles. The quantitative estimate of drug-likeness (QED) is 0.594. The Morgan fingerprint density at radius 3 is 2.66 bits per heavy atom. The molecule has 3 aromatic rings. The van der Waals surface area contributed by atoms with Crippen molar-refractivity contribution in [3.63, 3.8) is 0 Å². The summed E-state index contributed by atoms with van der Waals surface area (Å²) in [6.45, 7) is 5.57. The maximum absolute atomic E-state index is 15.1. The number of hydrogen-bond acceptors (Lipinski definition) is 5. The number of rotatable bonds is 5. The number of amides is 1. The summed E-state index contributed by atoms with van der Waals surface area (Å²) in [7, 11) is 0. The first-order chi connectivity index (χ1) is 16.9. The number of aliphatic carboxylic acids is 1. The number of carboxylic acids is 1. The van der Waals surface area contributed by atoms with Crippen molar-refractivity contribution in [2.75, 3.05) is 24.5 Å². The van der Waals surface area contributed by atoms with Crippen molar-refractivity contribution in [3.05, 3.63) is 47.5 Å². The van der Waals surface area contributed by atoms with E-state index in [4.69, 9.17) is 5.11 Å². The van der Waals surface area contributed by atoms with E-state index in [1.165, 1.54) is 6.07 Å². The highest BCUT2D eigenvalue weighted by Crippen LogP contribution is 2.31. The van der Waals surface area contributed by atoms with E-state index in [1.54, 1.807) is 28.8 Å². The second-order valence-electron chi connectivity index (χ2n) is 9.59. The molecule has 5 rings (SSSR count). The van der Waals surface area contributed by atoms with Gasteiger partial charge in [0.15, 0.2) is 5.65 Å². The number of aryl methyl sites for hydroxylation is 1.